The number of ether oxygens (including phenoxy) is 1. The molecule has 130 valence electrons. The predicted molar refractivity (Wildman–Crippen MR) is 100 cm³/mol. The van der Waals surface area contributed by atoms with Crippen LogP contribution in [0.3, 0.4) is 0 Å². The molecule has 1 aliphatic heterocycles. The van der Waals surface area contributed by atoms with E-state index in [0.29, 0.717) is 41.6 Å². The van der Waals surface area contributed by atoms with Gasteiger partial charge in [0, 0.05) is 11.4 Å². The van der Waals surface area contributed by atoms with Gasteiger partial charge >= 0.3 is 6.09 Å². The zero-order chi connectivity index (χ0) is 18.0. The Balaban J connectivity index is 1.82. The van der Waals surface area contributed by atoms with Gasteiger partial charge in [0.1, 0.15) is 11.1 Å². The van der Waals surface area contributed by atoms with Crippen molar-refractivity contribution in [3.8, 4) is 6.07 Å². The molecule has 3 heterocycles. The second kappa shape index (κ2) is 7.56. The van der Waals surface area contributed by atoms with Crippen molar-refractivity contribution >= 4 is 55.6 Å². The van der Waals surface area contributed by atoms with Crippen molar-refractivity contribution in [3.05, 3.63) is 36.8 Å². The lowest BCUT2D eigenvalue weighted by atomic mass is 10.0. The SMILES string of the molecule is CCOC(=O)N1CCc2c(sc(NC(=O)c3ccc(Br)s3)c2C#N)C1. The second-order valence-corrected chi connectivity index (χ2v) is 8.82. The second-order valence-electron chi connectivity index (χ2n) is 5.25. The Morgan fingerprint density at radius 2 is 2.24 bits per heavy atom. The Hall–Kier alpha value is -1.89. The summed E-state index contributed by atoms with van der Waals surface area (Å²) in [4.78, 5) is 27.4. The maximum Gasteiger partial charge on any atom is 0.410 e. The van der Waals surface area contributed by atoms with Crippen LogP contribution in [0.1, 0.15) is 32.6 Å². The van der Waals surface area contributed by atoms with Gasteiger partial charge in [0.2, 0.25) is 0 Å². The van der Waals surface area contributed by atoms with Gasteiger partial charge in [0.15, 0.2) is 0 Å². The minimum Gasteiger partial charge on any atom is -0.450 e. The fourth-order valence-corrected chi connectivity index (χ4v) is 5.07. The van der Waals surface area contributed by atoms with E-state index in [1.165, 1.54) is 22.7 Å². The first kappa shape index (κ1) is 17.9. The van der Waals surface area contributed by atoms with Crippen molar-refractivity contribution in [3.63, 3.8) is 0 Å². The van der Waals surface area contributed by atoms with Crippen LogP contribution in [0.5, 0.6) is 0 Å². The average Bonchev–Trinajstić information content (AvgIpc) is 3.17. The summed E-state index contributed by atoms with van der Waals surface area (Å²) in [5.74, 6) is -0.243. The minimum atomic E-state index is -0.353. The zero-order valence-corrected chi connectivity index (χ0v) is 16.5. The fourth-order valence-electron chi connectivity index (χ4n) is 2.58. The number of carbonyl (C=O) groups is 2. The molecule has 9 heteroatoms. The van der Waals surface area contributed by atoms with Crippen molar-refractivity contribution in [1.29, 1.82) is 5.26 Å². The van der Waals surface area contributed by atoms with E-state index >= 15 is 0 Å². The summed E-state index contributed by atoms with van der Waals surface area (Å²) >= 11 is 6.01. The number of hydrogen-bond donors (Lipinski definition) is 1. The molecule has 3 rings (SSSR count). The Labute approximate surface area is 161 Å². The topological polar surface area (TPSA) is 82.4 Å². The molecule has 25 heavy (non-hydrogen) atoms. The summed E-state index contributed by atoms with van der Waals surface area (Å²) in [6.07, 6.45) is 0.225. The first-order valence-corrected chi connectivity index (χ1v) is 9.99. The van der Waals surface area contributed by atoms with Crippen LogP contribution in [0.4, 0.5) is 9.80 Å². The predicted octanol–water partition coefficient (Wildman–Crippen LogP) is 4.21. The molecule has 0 aromatic carbocycles. The molecular weight excluding hydrogens is 426 g/mol. The number of fused-ring (bicyclic) bond motifs is 1. The molecule has 0 aliphatic carbocycles. The molecule has 0 fully saturated rings. The number of thiophene rings is 2. The molecule has 0 saturated carbocycles. The average molecular weight is 440 g/mol. The van der Waals surface area contributed by atoms with Crippen molar-refractivity contribution in [1.82, 2.24) is 4.90 Å². The third kappa shape index (κ3) is 3.71. The lowest BCUT2D eigenvalue weighted by Gasteiger charge is -2.25. The Morgan fingerprint density at radius 1 is 1.44 bits per heavy atom. The van der Waals surface area contributed by atoms with Gasteiger partial charge in [-0.1, -0.05) is 0 Å². The molecule has 2 aromatic heterocycles. The Kier molecular flexibility index (Phi) is 5.42. The highest BCUT2D eigenvalue weighted by Crippen LogP contribution is 2.37. The number of nitriles is 1. The number of rotatable bonds is 3. The first-order chi connectivity index (χ1) is 12.0. The number of nitrogens with zero attached hydrogens (tertiary/aromatic N) is 2. The van der Waals surface area contributed by atoms with Gasteiger partial charge in [-0.05, 0) is 47.0 Å². The number of amides is 2. The largest absolute Gasteiger partial charge is 0.450 e. The van der Waals surface area contributed by atoms with Crippen molar-refractivity contribution < 1.29 is 14.3 Å². The van der Waals surface area contributed by atoms with Gasteiger partial charge in [0.05, 0.1) is 27.4 Å². The molecule has 0 radical (unpaired) electrons. The Morgan fingerprint density at radius 3 is 2.88 bits per heavy atom. The molecule has 2 aromatic rings. The molecule has 6 nitrogen and oxygen atoms in total. The number of anilines is 1. The first-order valence-electron chi connectivity index (χ1n) is 7.56. The number of carbonyl (C=O) groups excluding carboxylic acids is 2. The molecule has 1 N–H and O–H groups in total. The van der Waals surface area contributed by atoms with Crippen LogP contribution in [-0.2, 0) is 17.7 Å². The van der Waals surface area contributed by atoms with E-state index in [4.69, 9.17) is 4.74 Å². The maximum atomic E-state index is 12.4. The lowest BCUT2D eigenvalue weighted by Crippen LogP contribution is -2.35. The van der Waals surface area contributed by atoms with Gasteiger partial charge in [-0.3, -0.25) is 4.79 Å². The Bertz CT molecular complexity index is 869. The molecular formula is C16H14BrN3O3S2. The highest BCUT2D eigenvalue weighted by atomic mass is 79.9. The van der Waals surface area contributed by atoms with E-state index in [9.17, 15) is 14.9 Å². The van der Waals surface area contributed by atoms with Gasteiger partial charge in [-0.25, -0.2) is 4.79 Å². The van der Waals surface area contributed by atoms with E-state index in [1.807, 2.05) is 0 Å². The molecule has 2 amide bonds. The van der Waals surface area contributed by atoms with E-state index in [1.54, 1.807) is 24.0 Å². The van der Waals surface area contributed by atoms with Crippen LogP contribution >= 0.6 is 38.6 Å². The third-order valence-corrected chi connectivity index (χ3v) is 6.47. The van der Waals surface area contributed by atoms with Gasteiger partial charge in [0.25, 0.3) is 5.91 Å². The van der Waals surface area contributed by atoms with Crippen molar-refractivity contribution in [2.24, 2.45) is 0 Å². The van der Waals surface area contributed by atoms with Gasteiger partial charge < -0.3 is 15.0 Å². The van der Waals surface area contributed by atoms with Crippen LogP contribution in [0.25, 0.3) is 0 Å². The highest BCUT2D eigenvalue weighted by Gasteiger charge is 2.28. The number of hydrogen-bond acceptors (Lipinski definition) is 6. The summed E-state index contributed by atoms with van der Waals surface area (Å²) in [5, 5.41) is 12.9. The highest BCUT2D eigenvalue weighted by molar-refractivity contribution is 9.11. The molecule has 0 unspecified atom stereocenters. The summed E-state index contributed by atoms with van der Waals surface area (Å²) in [7, 11) is 0. The van der Waals surface area contributed by atoms with E-state index < -0.39 is 0 Å². The third-order valence-electron chi connectivity index (χ3n) is 3.72. The smallest absolute Gasteiger partial charge is 0.410 e. The zero-order valence-electron chi connectivity index (χ0n) is 13.3. The standard InChI is InChI=1S/C16H14BrN3O3S2/c1-2-23-16(22)20-6-5-9-10(7-18)15(25-12(9)8-20)19-14(21)11-3-4-13(17)24-11/h3-4H,2,5-6,8H2,1H3,(H,19,21). The normalized spacial score (nSPS) is 13.1. The van der Waals surface area contributed by atoms with Gasteiger partial charge in [-0.15, -0.1) is 22.7 Å². The van der Waals surface area contributed by atoms with E-state index in [0.717, 1.165) is 14.2 Å². The van der Waals surface area contributed by atoms with Gasteiger partial charge in [-0.2, -0.15) is 5.26 Å². The minimum absolute atomic E-state index is 0.243. The van der Waals surface area contributed by atoms with E-state index in [2.05, 4.69) is 27.3 Å². The summed E-state index contributed by atoms with van der Waals surface area (Å²) < 4.78 is 5.91. The monoisotopic (exact) mass is 439 g/mol. The number of nitrogens with one attached hydrogen (secondary N) is 1. The summed E-state index contributed by atoms with van der Waals surface area (Å²) in [6, 6.07) is 5.73. The molecule has 0 atom stereocenters. The summed E-state index contributed by atoms with van der Waals surface area (Å²) in [5.41, 5.74) is 1.41. The van der Waals surface area contributed by atoms with Crippen LogP contribution in [-0.4, -0.2) is 30.1 Å². The van der Waals surface area contributed by atoms with E-state index in [-0.39, 0.29) is 12.0 Å². The van der Waals surface area contributed by atoms with Crippen molar-refractivity contribution in [2.45, 2.75) is 19.9 Å². The number of halogens is 1. The maximum absolute atomic E-state index is 12.4. The molecule has 0 spiro atoms. The fraction of sp³-hybridized carbons (Fsp3) is 0.312. The molecule has 1 aliphatic rings. The van der Waals surface area contributed by atoms with Crippen molar-refractivity contribution in [2.75, 3.05) is 18.5 Å². The summed E-state index contributed by atoms with van der Waals surface area (Å²) in [6.45, 7) is 2.99. The quantitative estimate of drug-likeness (QED) is 0.775. The van der Waals surface area contributed by atoms with Crippen LogP contribution in [0.15, 0.2) is 15.9 Å². The molecule has 0 saturated heterocycles. The lowest BCUT2D eigenvalue weighted by molar-refractivity contribution is 0.102. The van der Waals surface area contributed by atoms with Crippen LogP contribution in [0.2, 0.25) is 0 Å². The van der Waals surface area contributed by atoms with Crippen LogP contribution in [0, 0.1) is 11.3 Å². The molecule has 0 bridgehead atoms. The van der Waals surface area contributed by atoms with Crippen LogP contribution < -0.4 is 5.32 Å².